The maximum atomic E-state index is 13.6. The van der Waals surface area contributed by atoms with Crippen LogP contribution in [0.3, 0.4) is 0 Å². The van der Waals surface area contributed by atoms with Gasteiger partial charge in [-0.2, -0.15) is 4.72 Å². The van der Waals surface area contributed by atoms with E-state index in [2.05, 4.69) is 10.0 Å². The number of rotatable bonds is 41. The number of anilines is 1. The van der Waals surface area contributed by atoms with Crippen LogP contribution in [0.15, 0.2) is 241 Å². The number of sulfone groups is 1. The van der Waals surface area contributed by atoms with Crippen LogP contribution in [0.25, 0.3) is 21.5 Å². The summed E-state index contributed by atoms with van der Waals surface area (Å²) in [4.78, 5) is 112. The van der Waals surface area contributed by atoms with Gasteiger partial charge in [-0.1, -0.05) is 176 Å². The molecule has 0 radical (unpaired) electrons. The fraction of sp³-hybridized carbons (Fsp3) is 0.268. The second-order valence-electron chi connectivity index (χ2n) is 31.4. The van der Waals surface area contributed by atoms with E-state index in [1.165, 1.54) is 13.0 Å². The molecule has 11 rings (SSSR count). The molecule has 0 bridgehead atoms. The van der Waals surface area contributed by atoms with Crippen LogP contribution >= 0.6 is 0 Å². The Morgan fingerprint density at radius 3 is 1.47 bits per heavy atom. The van der Waals surface area contributed by atoms with Gasteiger partial charge in [0, 0.05) is 99.1 Å². The number of nitrogen functional groups attached to an aromatic ring is 5. The summed E-state index contributed by atoms with van der Waals surface area (Å²) < 4.78 is 61.0. The molecule has 1 heterocycles. The molecule has 10 aromatic rings. The molecule has 1 fully saturated rings. The molecule has 35 heteroatoms. The van der Waals surface area contributed by atoms with Crippen molar-refractivity contribution in [3.05, 3.63) is 292 Å². The molecule has 1 aliphatic rings. The quantitative estimate of drug-likeness (QED) is 0.00322. The summed E-state index contributed by atoms with van der Waals surface area (Å²) in [5, 5.41) is 67.3. The second-order valence-corrected chi connectivity index (χ2v) is 35.2. The number of benzene rings is 10. The van der Waals surface area contributed by atoms with Crippen molar-refractivity contribution in [3.8, 4) is 5.75 Å². The van der Waals surface area contributed by atoms with Crippen molar-refractivity contribution in [2.24, 2.45) is 40.3 Å². The van der Waals surface area contributed by atoms with Gasteiger partial charge in [0.15, 0.2) is 15.6 Å². The minimum absolute atomic E-state index is 0.00984. The lowest BCUT2D eigenvalue weighted by Gasteiger charge is -2.36. The number of unbranched alkanes of at least 4 members (excludes halogenated alkanes) is 2. The lowest BCUT2D eigenvalue weighted by Crippen LogP contribution is -2.55. The van der Waals surface area contributed by atoms with E-state index >= 15 is 0 Å². The molecule has 132 heavy (non-hydrogen) atoms. The minimum atomic E-state index is -4.00. The Balaban J connectivity index is 0.000000242. The van der Waals surface area contributed by atoms with E-state index in [0.717, 1.165) is 38.2 Å². The van der Waals surface area contributed by atoms with Crippen molar-refractivity contribution in [1.82, 2.24) is 19.8 Å². The predicted molar refractivity (Wildman–Crippen MR) is 510 cm³/mol. The van der Waals surface area contributed by atoms with Gasteiger partial charge in [0.05, 0.1) is 45.6 Å². The van der Waals surface area contributed by atoms with E-state index in [1.807, 2.05) is 78.9 Å². The van der Waals surface area contributed by atoms with E-state index < -0.39 is 67.5 Å². The molecule has 1 saturated heterocycles. The highest BCUT2D eigenvalue weighted by Gasteiger charge is 2.34. The highest BCUT2D eigenvalue weighted by molar-refractivity contribution is 7.90. The van der Waals surface area contributed by atoms with Gasteiger partial charge < -0.3 is 75.0 Å². The monoisotopic (exact) mass is 1840 g/mol. The Morgan fingerprint density at radius 2 is 0.917 bits per heavy atom. The van der Waals surface area contributed by atoms with E-state index in [-0.39, 0.29) is 133 Å². The molecule has 0 aromatic heterocycles. The van der Waals surface area contributed by atoms with Gasteiger partial charge >= 0.3 is 17.9 Å². The number of aliphatic carboxylic acids is 2. The van der Waals surface area contributed by atoms with E-state index in [4.69, 9.17) is 87.5 Å². The van der Waals surface area contributed by atoms with Crippen molar-refractivity contribution in [3.63, 3.8) is 0 Å². The fourth-order valence-electron chi connectivity index (χ4n) is 13.6. The third kappa shape index (κ3) is 36.3. The van der Waals surface area contributed by atoms with Gasteiger partial charge in [-0.3, -0.25) is 61.2 Å². The number of esters is 1. The van der Waals surface area contributed by atoms with Crippen LogP contribution in [-0.4, -0.2) is 169 Å². The number of carboxylic acids is 2. The molecule has 0 unspecified atom stereocenters. The number of carboxylic acid groups (broad SMARTS) is 2. The van der Waals surface area contributed by atoms with Gasteiger partial charge in [-0.05, 0) is 174 Å². The van der Waals surface area contributed by atoms with Crippen molar-refractivity contribution in [2.75, 3.05) is 37.7 Å². The van der Waals surface area contributed by atoms with Crippen LogP contribution in [0.1, 0.15) is 144 Å². The first-order chi connectivity index (χ1) is 62.7. The van der Waals surface area contributed by atoms with Crippen LogP contribution in [-0.2, 0) is 89.7 Å². The molecule has 1 aliphatic heterocycles. The molecule has 0 aliphatic carbocycles. The summed E-state index contributed by atoms with van der Waals surface area (Å²) in [6.07, 6.45) is 4.68. The number of hydrogen-bond donors (Lipinski definition) is 17. The number of nitrogens with zero attached hydrogens (tertiary/aromatic N) is 2. The summed E-state index contributed by atoms with van der Waals surface area (Å²) >= 11 is 0. The third-order valence-corrected chi connectivity index (χ3v) is 24.0. The number of sulfonamides is 1. The Kier molecular flexibility index (Phi) is 40.9. The zero-order valence-corrected chi connectivity index (χ0v) is 74.8. The molecule has 0 saturated carbocycles. The highest BCUT2D eigenvalue weighted by atomic mass is 32.2. The number of piperazine rings is 1. The number of nitrogens with one attached hydrogen (secondary N) is 8. The first-order valence-electron chi connectivity index (χ1n) is 42.3. The molecule has 24 N–H and O–H groups in total. The van der Waals surface area contributed by atoms with E-state index in [0.29, 0.717) is 121 Å². The van der Waals surface area contributed by atoms with Crippen LogP contribution in [0.4, 0.5) is 5.69 Å². The standard InChI is InChI=1S/C33H39N3O5S.C27H37N5O6S.C20H18N4O2.C10H10N2O3.C7H9N3/c1-24(37)12-20-30(31(38)21-16-26-13-17-28(18-14-26)32(34)35)36-33(39)29(19-15-25-8-4-2-5-9-25)23-42(40,41)22-27-10-6-3-7-11-27;28-24(29)10-4-3-9-23(30-39(37,38)22-14-13-20-7-1-2-8-21(20)19-22)27(36)32-17-15-31(16-18-32)25(33)11-5-6-12-26(34)35;21-18(22)9-12-1-3-13(4-2-12)20(25)26-17-8-7-14-10-16(19(23)24)6-5-15(14)11-17;11-9(12)7-3-1-6(2-4-7)5-8(13)10(14)15;8-6-3-1-5(2-4-6)7(9)10/h2-11,13-14,17-18,29-30H,12,15-16,19-23H2,1H3,(H3,34,35)(H,36,39);1-2,7-8,13-14,19,23,30H,3-6,9-12,15-18H2,(H3,28,29)(H,34,35);1-8,10-11H,9H2,(H3,21,22)(H3,23,24);1-4H,5H2,(H3,11,12)(H,14,15);1-4H,8H2,(H3,9,10)/t29-,30-;23-;;;/m00.../s1. The molecule has 3 amide bonds. The lowest BCUT2D eigenvalue weighted by atomic mass is 9.96. The normalized spacial score (nSPS) is 12.2. The van der Waals surface area contributed by atoms with Crippen molar-refractivity contribution >= 4 is 135 Å². The maximum Gasteiger partial charge on any atom is 0.372 e. The Hall–Kier alpha value is -15.0. The Labute approximate surface area is 766 Å². The van der Waals surface area contributed by atoms with Gasteiger partial charge in [-0.15, -0.1) is 0 Å². The number of carbonyl (C=O) groups excluding carboxylic acids is 7. The molecule has 33 nitrogen and oxygen atoms in total. The van der Waals surface area contributed by atoms with Crippen molar-refractivity contribution < 1.29 is 74.9 Å². The first kappa shape index (κ1) is 104. The zero-order chi connectivity index (χ0) is 96.6. The molecule has 3 atom stereocenters. The topological polar surface area (TPSA) is 627 Å². The number of carbonyl (C=O) groups is 9. The number of ketones is 3. The van der Waals surface area contributed by atoms with Gasteiger partial charge in [-0.25, -0.2) is 26.4 Å². The number of fused-ring (bicyclic) bond motifs is 2. The summed E-state index contributed by atoms with van der Waals surface area (Å²) in [5.41, 5.74) is 45.2. The molecule has 10 aromatic carbocycles. The first-order valence-corrected chi connectivity index (χ1v) is 45.6. The SMILES string of the molecule is CC(=O)CC[C@H](NC(=O)[C@@H](CCc1ccccc1)CS(=O)(=O)Cc1ccccc1)C(=O)CCc1ccc(C(=N)N)cc1.N=C(N)CCCC[C@H](NS(=O)(=O)c1ccc2ccccc2c1)C(=O)N1CCN(C(=O)CCCCC(=O)O)CC1.N=C(N)Cc1ccc(C(=O)Oc2ccc3cc(C(=N)N)ccc3c2)cc1.N=C(N)c1ccc(CC(=O)C(=O)O)cc1.N=C(N)c1ccc(N)cc1. The Bertz CT molecular complexity index is 5980. The predicted octanol–water partition coefficient (Wildman–Crippen LogP) is 10.0. The number of aryl methyl sites for hydroxylation is 2. The minimum Gasteiger partial charge on any atom is -0.481 e. The molecule has 694 valence electrons. The average Bonchev–Trinajstić information content (AvgIpc) is 0.798. The van der Waals surface area contributed by atoms with E-state index in [1.54, 1.807) is 161 Å². The zero-order valence-electron chi connectivity index (χ0n) is 73.2. The lowest BCUT2D eigenvalue weighted by molar-refractivity contribution is -0.148. The smallest absolute Gasteiger partial charge is 0.372 e. The van der Waals surface area contributed by atoms with Gasteiger partial charge in [0.1, 0.15) is 40.9 Å². The number of ether oxygens (including phenoxy) is 1. The molecular formula is C97H113N17O16S2. The van der Waals surface area contributed by atoms with Crippen LogP contribution in [0.2, 0.25) is 0 Å². The molecule has 0 spiro atoms. The summed E-state index contributed by atoms with van der Waals surface area (Å²) in [5.74, 6) is -5.79. The van der Waals surface area contributed by atoms with Crippen LogP contribution in [0.5, 0.6) is 5.75 Å². The number of Topliss-reactive ketones (excluding diaryl/α,β-unsaturated/α-hetero) is 3. The van der Waals surface area contributed by atoms with Crippen molar-refractivity contribution in [1.29, 1.82) is 32.5 Å². The Morgan fingerprint density at radius 1 is 0.439 bits per heavy atom. The van der Waals surface area contributed by atoms with Gasteiger partial charge in [0.2, 0.25) is 33.5 Å². The number of amides is 3. The largest absolute Gasteiger partial charge is 0.481 e. The maximum absolute atomic E-state index is 13.6. The van der Waals surface area contributed by atoms with Crippen LogP contribution < -0.4 is 54.9 Å². The fourth-order valence-corrected chi connectivity index (χ4v) is 16.6. The summed E-state index contributed by atoms with van der Waals surface area (Å²) in [7, 11) is -7.65. The number of nitrogens with two attached hydrogens (primary N) is 7. The third-order valence-electron chi connectivity index (χ3n) is 20.9. The average molecular weight is 1840 g/mol. The number of amidine groups is 6. The number of hydrogen-bond acceptors (Lipinski definition) is 21. The molecular weight excluding hydrogens is 1720 g/mol. The van der Waals surface area contributed by atoms with Gasteiger partial charge in [0.25, 0.3) is 0 Å². The second kappa shape index (κ2) is 51.9. The van der Waals surface area contributed by atoms with E-state index in [9.17, 15) is 60.0 Å². The van der Waals surface area contributed by atoms with Crippen molar-refractivity contribution in [2.45, 2.75) is 132 Å². The summed E-state index contributed by atoms with van der Waals surface area (Å²) in [6, 6.07) is 66.4. The highest BCUT2D eigenvalue weighted by Crippen LogP contribution is 2.26. The summed E-state index contributed by atoms with van der Waals surface area (Å²) in [6.45, 7) is 2.65. The van der Waals surface area contributed by atoms with Crippen LogP contribution in [0, 0.1) is 38.4 Å².